The van der Waals surface area contributed by atoms with Crippen molar-refractivity contribution < 1.29 is 30.9 Å². The lowest BCUT2D eigenvalue weighted by Gasteiger charge is -2.25. The minimum absolute atomic E-state index is 0.208. The molecule has 106 valence electrons. The second-order valence-electron chi connectivity index (χ2n) is 4.21. The van der Waals surface area contributed by atoms with Crippen molar-refractivity contribution in [1.82, 2.24) is 4.42 Å². The van der Waals surface area contributed by atoms with E-state index in [1.54, 1.807) is 0 Å². The number of rotatable bonds is 5. The molecule has 1 aliphatic heterocycles. The maximum Gasteiger partial charge on any atom is 0.425 e. The molecule has 1 heterocycles. The van der Waals surface area contributed by atoms with E-state index in [2.05, 4.69) is 4.74 Å². The van der Waals surface area contributed by atoms with Gasteiger partial charge in [-0.1, -0.05) is 0 Å². The summed E-state index contributed by atoms with van der Waals surface area (Å²) < 4.78 is 58.0. The highest BCUT2D eigenvalue weighted by Gasteiger charge is 2.46. The van der Waals surface area contributed by atoms with Crippen molar-refractivity contribution in [3.05, 3.63) is 0 Å². The summed E-state index contributed by atoms with van der Waals surface area (Å²) in [5.41, 5.74) is -1.25. The Morgan fingerprint density at radius 2 is 1.94 bits per heavy atom. The van der Waals surface area contributed by atoms with Gasteiger partial charge >= 0.3 is 6.09 Å². The van der Waals surface area contributed by atoms with Gasteiger partial charge in [0.1, 0.15) is 12.1 Å². The Kier molecular flexibility index (Phi) is 4.16. The van der Waals surface area contributed by atoms with E-state index in [9.17, 15) is 21.6 Å². The Bertz CT molecular complexity index is 542. The molecule has 0 aromatic carbocycles. The molecule has 0 aromatic heterocycles. The first kappa shape index (κ1) is 15.5. The van der Waals surface area contributed by atoms with Gasteiger partial charge in [0.25, 0.3) is 10.1 Å². The van der Waals surface area contributed by atoms with Gasteiger partial charge in [0, 0.05) is 11.8 Å². The van der Waals surface area contributed by atoms with E-state index in [0.717, 1.165) is 0 Å². The molecule has 11 heteroatoms. The van der Waals surface area contributed by atoms with Crippen LogP contribution >= 0.6 is 11.8 Å². The number of hydrogen-bond donors (Lipinski definition) is 1. The van der Waals surface area contributed by atoms with Crippen LogP contribution in [0.1, 0.15) is 6.92 Å². The van der Waals surface area contributed by atoms with Crippen molar-refractivity contribution in [2.24, 2.45) is 0 Å². The molecule has 1 saturated heterocycles. The summed E-state index contributed by atoms with van der Waals surface area (Å²) in [5.74, 6) is -2.20. The summed E-state index contributed by atoms with van der Waals surface area (Å²) in [6.07, 6.45) is -0.857. The van der Waals surface area contributed by atoms with E-state index >= 15 is 0 Å². The van der Waals surface area contributed by atoms with Crippen LogP contribution in [-0.2, 0) is 24.7 Å². The molecule has 0 spiro atoms. The van der Waals surface area contributed by atoms with Crippen LogP contribution in [0.3, 0.4) is 0 Å². The van der Waals surface area contributed by atoms with Gasteiger partial charge in [0.15, 0.2) is 9.84 Å². The zero-order valence-electron chi connectivity index (χ0n) is 9.37. The number of cyclic esters (lactones) is 1. The van der Waals surface area contributed by atoms with E-state index in [-0.39, 0.29) is 6.61 Å². The van der Waals surface area contributed by atoms with Gasteiger partial charge in [0.2, 0.25) is 0 Å². The zero-order chi connectivity index (χ0) is 14.2. The fourth-order valence-electron chi connectivity index (χ4n) is 1.43. The highest BCUT2D eigenvalue weighted by molar-refractivity contribution is 7.93. The molecule has 0 bridgehead atoms. The van der Waals surface area contributed by atoms with Gasteiger partial charge in [-0.05, 0) is 6.92 Å². The third-order valence-corrected chi connectivity index (χ3v) is 5.74. The van der Waals surface area contributed by atoms with Crippen molar-refractivity contribution in [2.45, 2.75) is 12.5 Å². The van der Waals surface area contributed by atoms with Gasteiger partial charge in [-0.2, -0.15) is 8.42 Å². The molecule has 8 nitrogen and oxygen atoms in total. The van der Waals surface area contributed by atoms with Crippen molar-refractivity contribution in [3.63, 3.8) is 0 Å². The number of amides is 1. The number of hydrogen-bond acceptors (Lipinski definition) is 6. The molecule has 0 saturated carbocycles. The first-order chi connectivity index (χ1) is 7.95. The first-order valence-electron chi connectivity index (χ1n) is 4.74. The molecular weight excluding hydrogens is 310 g/mol. The van der Waals surface area contributed by atoms with Gasteiger partial charge in [-0.25, -0.2) is 17.6 Å². The average Bonchev–Trinajstić information content (AvgIpc) is 2.42. The zero-order valence-corrected chi connectivity index (χ0v) is 11.8. The van der Waals surface area contributed by atoms with Crippen LogP contribution in [0.15, 0.2) is 0 Å². The Morgan fingerprint density at radius 1 is 1.39 bits per heavy atom. The summed E-state index contributed by atoms with van der Waals surface area (Å²) >= 11 is 5.59. The van der Waals surface area contributed by atoms with E-state index in [0.29, 0.717) is 4.42 Å². The Labute approximate surface area is 110 Å². The highest BCUT2D eigenvalue weighted by atomic mass is 35.5. The maximum absolute atomic E-state index is 11.7. The van der Waals surface area contributed by atoms with E-state index in [1.165, 1.54) is 6.92 Å². The molecule has 1 rings (SSSR count). The molecule has 0 aliphatic carbocycles. The van der Waals surface area contributed by atoms with E-state index in [1.807, 2.05) is 0 Å². The summed E-state index contributed by atoms with van der Waals surface area (Å²) in [6.45, 7) is 1.19. The van der Waals surface area contributed by atoms with Gasteiger partial charge < -0.3 is 4.74 Å². The lowest BCUT2D eigenvalue weighted by atomic mass is 10.1. The van der Waals surface area contributed by atoms with E-state index in [4.69, 9.17) is 16.3 Å². The largest absolute Gasteiger partial charge is 0.446 e. The third-order valence-electron chi connectivity index (χ3n) is 2.32. The number of halogens is 1. The number of nitrogens with zero attached hydrogens (tertiary/aromatic N) is 1. The number of ether oxygens (including phenoxy) is 1. The molecule has 1 unspecified atom stereocenters. The Balaban J connectivity index is 2.75. The summed E-state index contributed by atoms with van der Waals surface area (Å²) in [5, 5.41) is 0. The standard InChI is InChI=1S/C7H12ClNO7S2/c1-7(4-16-6(10)9(7)8)5-17(11,12)2-3-18(13,14)15/h2-5H2,1H3,(H,13,14,15). The molecule has 1 aliphatic rings. The molecular formula is C7H12ClNO7S2. The fourth-order valence-corrected chi connectivity index (χ4v) is 4.82. The molecule has 18 heavy (non-hydrogen) atoms. The van der Waals surface area contributed by atoms with Crippen LogP contribution < -0.4 is 0 Å². The van der Waals surface area contributed by atoms with Crippen molar-refractivity contribution in [3.8, 4) is 0 Å². The van der Waals surface area contributed by atoms with Crippen LogP contribution in [-0.4, -0.2) is 61.3 Å². The van der Waals surface area contributed by atoms with Gasteiger partial charge in [-0.15, -0.1) is 0 Å². The topological polar surface area (TPSA) is 118 Å². The van der Waals surface area contributed by atoms with E-state index < -0.39 is 48.8 Å². The van der Waals surface area contributed by atoms with Crippen LogP contribution in [0.5, 0.6) is 0 Å². The summed E-state index contributed by atoms with van der Waals surface area (Å²) in [7, 11) is -8.17. The monoisotopic (exact) mass is 321 g/mol. The average molecular weight is 322 g/mol. The van der Waals surface area contributed by atoms with Crippen LogP contribution in [0.2, 0.25) is 0 Å². The minimum Gasteiger partial charge on any atom is -0.446 e. The number of carbonyl (C=O) groups excluding carboxylic acids is 1. The van der Waals surface area contributed by atoms with Crippen molar-refractivity contribution in [2.75, 3.05) is 23.9 Å². The van der Waals surface area contributed by atoms with Gasteiger partial charge in [0.05, 0.1) is 17.3 Å². The minimum atomic E-state index is -4.36. The fraction of sp³-hybridized carbons (Fsp3) is 0.857. The molecule has 0 aromatic rings. The quantitative estimate of drug-likeness (QED) is 0.543. The molecule has 0 radical (unpaired) electrons. The molecule has 1 amide bonds. The number of carbonyl (C=O) groups is 1. The number of sulfone groups is 1. The smallest absolute Gasteiger partial charge is 0.425 e. The summed E-state index contributed by atoms with van der Waals surface area (Å²) in [4.78, 5) is 11.0. The second kappa shape index (κ2) is 4.83. The van der Waals surface area contributed by atoms with Crippen LogP contribution in [0, 0.1) is 0 Å². The van der Waals surface area contributed by atoms with Gasteiger partial charge in [-0.3, -0.25) is 4.55 Å². The first-order valence-corrected chi connectivity index (χ1v) is 8.50. The summed E-state index contributed by atoms with van der Waals surface area (Å²) in [6, 6.07) is 0. The highest BCUT2D eigenvalue weighted by Crippen LogP contribution is 2.27. The maximum atomic E-state index is 11.7. The lowest BCUT2D eigenvalue weighted by Crippen LogP contribution is -2.45. The third kappa shape index (κ3) is 3.97. The Hall–Kier alpha value is -0.580. The molecule has 1 fully saturated rings. The lowest BCUT2D eigenvalue weighted by molar-refractivity contribution is 0.170. The molecule has 1 atom stereocenters. The van der Waals surface area contributed by atoms with Crippen molar-refractivity contribution >= 4 is 37.8 Å². The van der Waals surface area contributed by atoms with Crippen LogP contribution in [0.25, 0.3) is 0 Å². The van der Waals surface area contributed by atoms with Crippen LogP contribution in [0.4, 0.5) is 4.79 Å². The molecule has 1 N–H and O–H groups in total. The second-order valence-corrected chi connectivity index (χ2v) is 8.30. The van der Waals surface area contributed by atoms with Crippen molar-refractivity contribution in [1.29, 1.82) is 0 Å². The SMILES string of the molecule is CC1(CS(=O)(=O)CCS(=O)(=O)O)COC(=O)N1Cl. The predicted molar refractivity (Wildman–Crippen MR) is 62.5 cm³/mol. The Morgan fingerprint density at radius 3 is 2.33 bits per heavy atom. The predicted octanol–water partition coefficient (Wildman–Crippen LogP) is -0.346. The normalized spacial score (nSPS) is 25.3.